The van der Waals surface area contributed by atoms with Crippen LogP contribution in [0.15, 0.2) is 54.1 Å². The van der Waals surface area contributed by atoms with E-state index in [2.05, 4.69) is 19.2 Å². The fourth-order valence-corrected chi connectivity index (χ4v) is 2.19. The number of hydrogen-bond donors (Lipinski definition) is 1. The molecule has 128 valence electrons. The first-order chi connectivity index (χ1) is 12.0. The van der Waals surface area contributed by atoms with E-state index in [0.29, 0.717) is 23.2 Å². The molecule has 0 aliphatic carbocycles. The molecule has 0 aromatic heterocycles. The summed E-state index contributed by atoms with van der Waals surface area (Å²) in [5, 5.41) is 12.4. The molecule has 0 saturated heterocycles. The summed E-state index contributed by atoms with van der Waals surface area (Å²) in [7, 11) is 0. The zero-order chi connectivity index (χ0) is 18.2. The molecule has 4 nitrogen and oxygen atoms in total. The molecule has 0 atom stereocenters. The number of carbonyl (C=O) groups is 1. The Bertz CT molecular complexity index is 805. The van der Waals surface area contributed by atoms with Crippen LogP contribution in [0.1, 0.15) is 19.4 Å². The first-order valence-corrected chi connectivity index (χ1v) is 8.27. The van der Waals surface area contributed by atoms with E-state index in [1.807, 2.05) is 18.2 Å². The Morgan fingerprint density at radius 2 is 2.00 bits per heavy atom. The lowest BCUT2D eigenvalue weighted by atomic mass is 10.1. The number of nitrogens with zero attached hydrogens (tertiary/aromatic N) is 1. The van der Waals surface area contributed by atoms with Crippen LogP contribution in [-0.4, -0.2) is 12.5 Å². The number of hydrogen-bond acceptors (Lipinski definition) is 3. The molecule has 0 aliphatic rings. The highest BCUT2D eigenvalue weighted by Crippen LogP contribution is 2.18. The monoisotopic (exact) mass is 354 g/mol. The molecular weight excluding hydrogens is 336 g/mol. The van der Waals surface area contributed by atoms with Crippen molar-refractivity contribution in [3.05, 3.63) is 64.7 Å². The summed E-state index contributed by atoms with van der Waals surface area (Å²) in [5.41, 5.74) is 1.29. The van der Waals surface area contributed by atoms with Gasteiger partial charge in [-0.05, 0) is 47.9 Å². The van der Waals surface area contributed by atoms with E-state index >= 15 is 0 Å². The van der Waals surface area contributed by atoms with Gasteiger partial charge in [0.15, 0.2) is 0 Å². The normalized spacial score (nSPS) is 11.1. The molecule has 0 bridgehead atoms. The Kier molecular flexibility index (Phi) is 6.62. The summed E-state index contributed by atoms with van der Waals surface area (Å²) < 4.78 is 5.61. The molecule has 2 aromatic carbocycles. The lowest BCUT2D eigenvalue weighted by molar-refractivity contribution is -0.112. The van der Waals surface area contributed by atoms with Crippen molar-refractivity contribution in [3.63, 3.8) is 0 Å². The smallest absolute Gasteiger partial charge is 0.266 e. The van der Waals surface area contributed by atoms with Gasteiger partial charge in [0.1, 0.15) is 17.4 Å². The zero-order valence-corrected chi connectivity index (χ0v) is 14.9. The van der Waals surface area contributed by atoms with E-state index in [9.17, 15) is 10.1 Å². The molecule has 2 aromatic rings. The standard InChI is InChI=1S/C20H19ClN2O2/c1-14(2)13-25-19-8-6-15(7-9-19)10-16(12-22)20(24)23-18-5-3-4-17(21)11-18/h3-11,14H,13H2,1-2H3,(H,23,24)/b16-10+. The van der Waals surface area contributed by atoms with Crippen molar-refractivity contribution < 1.29 is 9.53 Å². The molecular formula is C20H19ClN2O2. The van der Waals surface area contributed by atoms with E-state index in [1.54, 1.807) is 36.4 Å². The van der Waals surface area contributed by atoms with Crippen LogP contribution in [0.5, 0.6) is 5.75 Å². The minimum absolute atomic E-state index is 0.0100. The number of ether oxygens (including phenoxy) is 1. The summed E-state index contributed by atoms with van der Waals surface area (Å²) in [6, 6.07) is 15.9. The van der Waals surface area contributed by atoms with Crippen molar-refractivity contribution >= 4 is 29.3 Å². The highest BCUT2D eigenvalue weighted by Gasteiger charge is 2.10. The van der Waals surface area contributed by atoms with Crippen molar-refractivity contribution in [2.75, 3.05) is 11.9 Å². The van der Waals surface area contributed by atoms with Crippen molar-refractivity contribution in [2.45, 2.75) is 13.8 Å². The molecule has 0 saturated carbocycles. The van der Waals surface area contributed by atoms with Crippen molar-refractivity contribution in [2.24, 2.45) is 5.92 Å². The van der Waals surface area contributed by atoms with Crippen LogP contribution in [0.3, 0.4) is 0 Å². The van der Waals surface area contributed by atoms with Gasteiger partial charge in [-0.2, -0.15) is 5.26 Å². The van der Waals surface area contributed by atoms with Crippen LogP contribution in [0.4, 0.5) is 5.69 Å². The third-order valence-electron chi connectivity index (χ3n) is 3.22. The molecule has 0 aliphatic heterocycles. The summed E-state index contributed by atoms with van der Waals surface area (Å²) in [4.78, 5) is 12.2. The highest BCUT2D eigenvalue weighted by atomic mass is 35.5. The van der Waals surface area contributed by atoms with E-state index in [0.717, 1.165) is 11.3 Å². The number of nitriles is 1. The molecule has 0 spiro atoms. The lowest BCUT2D eigenvalue weighted by Gasteiger charge is -2.08. The van der Waals surface area contributed by atoms with Crippen LogP contribution < -0.4 is 10.1 Å². The van der Waals surface area contributed by atoms with E-state index in [-0.39, 0.29) is 5.57 Å². The number of carbonyl (C=O) groups excluding carboxylic acids is 1. The Morgan fingerprint density at radius 3 is 2.60 bits per heavy atom. The number of nitrogens with one attached hydrogen (secondary N) is 1. The van der Waals surface area contributed by atoms with E-state index in [4.69, 9.17) is 16.3 Å². The lowest BCUT2D eigenvalue weighted by Crippen LogP contribution is -2.13. The van der Waals surface area contributed by atoms with Crippen LogP contribution in [-0.2, 0) is 4.79 Å². The first-order valence-electron chi connectivity index (χ1n) is 7.89. The molecule has 0 heterocycles. The number of halogens is 1. The molecule has 0 fully saturated rings. The maximum atomic E-state index is 12.2. The molecule has 1 N–H and O–H groups in total. The number of rotatable bonds is 6. The van der Waals surface area contributed by atoms with Gasteiger partial charge in [0.2, 0.25) is 0 Å². The fourth-order valence-electron chi connectivity index (χ4n) is 2.00. The first kappa shape index (κ1) is 18.6. The predicted octanol–water partition coefficient (Wildman–Crippen LogP) is 4.92. The van der Waals surface area contributed by atoms with Crippen molar-refractivity contribution in [1.82, 2.24) is 0 Å². The van der Waals surface area contributed by atoms with Gasteiger partial charge in [0, 0.05) is 10.7 Å². The maximum Gasteiger partial charge on any atom is 0.266 e. The van der Waals surface area contributed by atoms with Crippen LogP contribution >= 0.6 is 11.6 Å². The Hall–Kier alpha value is -2.77. The summed E-state index contributed by atoms with van der Waals surface area (Å²) in [6.07, 6.45) is 1.53. The van der Waals surface area contributed by atoms with Gasteiger partial charge in [-0.15, -0.1) is 0 Å². The fraction of sp³-hybridized carbons (Fsp3) is 0.200. The van der Waals surface area contributed by atoms with Crippen molar-refractivity contribution in [1.29, 1.82) is 5.26 Å². The highest BCUT2D eigenvalue weighted by molar-refractivity contribution is 6.31. The minimum Gasteiger partial charge on any atom is -0.493 e. The molecule has 0 radical (unpaired) electrons. The van der Waals surface area contributed by atoms with Gasteiger partial charge < -0.3 is 10.1 Å². The molecule has 25 heavy (non-hydrogen) atoms. The Balaban J connectivity index is 2.08. The molecule has 5 heteroatoms. The quantitative estimate of drug-likeness (QED) is 0.591. The second kappa shape index (κ2) is 8.91. The predicted molar refractivity (Wildman–Crippen MR) is 100 cm³/mol. The Labute approximate surface area is 152 Å². The van der Waals surface area contributed by atoms with Gasteiger partial charge in [-0.1, -0.05) is 43.6 Å². The molecule has 0 unspecified atom stereocenters. The number of anilines is 1. The van der Waals surface area contributed by atoms with Gasteiger partial charge in [0.25, 0.3) is 5.91 Å². The average Bonchev–Trinajstić information content (AvgIpc) is 2.58. The van der Waals surface area contributed by atoms with Crippen molar-refractivity contribution in [3.8, 4) is 11.8 Å². The van der Waals surface area contributed by atoms with Crippen LogP contribution in [0.2, 0.25) is 5.02 Å². The van der Waals surface area contributed by atoms with Gasteiger partial charge in [-0.25, -0.2) is 0 Å². The molecule has 2 rings (SSSR count). The number of amides is 1. The zero-order valence-electron chi connectivity index (χ0n) is 14.1. The summed E-state index contributed by atoms with van der Waals surface area (Å²) in [5.74, 6) is 0.720. The largest absolute Gasteiger partial charge is 0.493 e. The third kappa shape index (κ3) is 5.98. The van der Waals surface area contributed by atoms with Gasteiger partial charge >= 0.3 is 0 Å². The van der Waals surface area contributed by atoms with Gasteiger partial charge in [-0.3, -0.25) is 4.79 Å². The summed E-state index contributed by atoms with van der Waals surface area (Å²) >= 11 is 5.89. The average molecular weight is 355 g/mol. The maximum absolute atomic E-state index is 12.2. The SMILES string of the molecule is CC(C)COc1ccc(/C=C(\C#N)C(=O)Nc2cccc(Cl)c2)cc1. The minimum atomic E-state index is -0.482. The Morgan fingerprint density at radius 1 is 1.28 bits per heavy atom. The molecule has 1 amide bonds. The third-order valence-corrected chi connectivity index (χ3v) is 3.46. The number of benzene rings is 2. The van der Waals surface area contributed by atoms with E-state index in [1.165, 1.54) is 6.08 Å². The second-order valence-corrected chi connectivity index (χ2v) is 6.34. The van der Waals surface area contributed by atoms with Crippen LogP contribution in [0.25, 0.3) is 6.08 Å². The second-order valence-electron chi connectivity index (χ2n) is 5.91. The topological polar surface area (TPSA) is 62.1 Å². The van der Waals surface area contributed by atoms with E-state index < -0.39 is 5.91 Å². The summed E-state index contributed by atoms with van der Waals surface area (Å²) in [6.45, 7) is 4.80. The van der Waals surface area contributed by atoms with Crippen LogP contribution in [0, 0.1) is 17.2 Å². The van der Waals surface area contributed by atoms with Gasteiger partial charge in [0.05, 0.1) is 6.61 Å².